The highest BCUT2D eigenvalue weighted by atomic mass is 15.1. The summed E-state index contributed by atoms with van der Waals surface area (Å²) < 4.78 is 0. The van der Waals surface area contributed by atoms with Gasteiger partial charge in [-0.25, -0.2) is 4.98 Å². The monoisotopic (exact) mass is 317 g/mol. The van der Waals surface area contributed by atoms with Crippen LogP contribution in [0.4, 0.5) is 0 Å². The van der Waals surface area contributed by atoms with Gasteiger partial charge in [-0.2, -0.15) is 5.10 Å². The normalized spacial score (nSPS) is 16.2. The van der Waals surface area contributed by atoms with Gasteiger partial charge in [0.2, 0.25) is 0 Å². The molecule has 5 heteroatoms. The lowest BCUT2D eigenvalue weighted by atomic mass is 9.86. The highest BCUT2D eigenvalue weighted by molar-refractivity contribution is 6.09. The van der Waals surface area contributed by atoms with E-state index >= 15 is 0 Å². The molecule has 5 rings (SSSR count). The molecule has 4 heterocycles. The summed E-state index contributed by atoms with van der Waals surface area (Å²) in [5.74, 6) is 0.539. The second-order valence-electron chi connectivity index (χ2n) is 6.49. The zero-order chi connectivity index (χ0) is 15.9. The van der Waals surface area contributed by atoms with E-state index in [-0.39, 0.29) is 0 Å². The van der Waals surface area contributed by atoms with Gasteiger partial charge in [0, 0.05) is 28.7 Å². The number of aromatic nitrogens is 4. The molecule has 1 aliphatic rings. The first-order valence-electron chi connectivity index (χ1n) is 8.51. The summed E-state index contributed by atoms with van der Waals surface area (Å²) in [5.41, 5.74) is 4.63. The van der Waals surface area contributed by atoms with Crippen LogP contribution in [0.2, 0.25) is 0 Å². The third kappa shape index (κ3) is 2.05. The number of hydrogen-bond acceptors (Lipinski definition) is 3. The summed E-state index contributed by atoms with van der Waals surface area (Å²) in [6.45, 7) is 2.14. The van der Waals surface area contributed by atoms with Crippen LogP contribution < -0.4 is 5.32 Å². The van der Waals surface area contributed by atoms with E-state index in [0.717, 1.165) is 42.8 Å². The number of hydrogen-bond donors (Lipinski definition) is 3. The highest BCUT2D eigenvalue weighted by Gasteiger charge is 2.25. The van der Waals surface area contributed by atoms with E-state index in [1.165, 1.54) is 21.7 Å². The van der Waals surface area contributed by atoms with Crippen LogP contribution in [0.5, 0.6) is 0 Å². The predicted molar refractivity (Wildman–Crippen MR) is 96.0 cm³/mol. The Morgan fingerprint density at radius 1 is 1.04 bits per heavy atom. The summed E-state index contributed by atoms with van der Waals surface area (Å²) >= 11 is 0. The van der Waals surface area contributed by atoms with Crippen molar-refractivity contribution in [2.75, 3.05) is 13.1 Å². The van der Waals surface area contributed by atoms with E-state index in [9.17, 15) is 0 Å². The molecule has 0 aliphatic carbocycles. The Morgan fingerprint density at radius 2 is 1.92 bits per heavy atom. The number of benzene rings is 1. The molecule has 1 aromatic carbocycles. The van der Waals surface area contributed by atoms with E-state index in [2.05, 4.69) is 44.8 Å². The first kappa shape index (κ1) is 13.7. The molecule has 1 aliphatic heterocycles. The Hall–Kier alpha value is -2.66. The largest absolute Gasteiger partial charge is 0.339 e. The fraction of sp³-hybridized carbons (Fsp3) is 0.263. The zero-order valence-electron chi connectivity index (χ0n) is 13.3. The lowest BCUT2D eigenvalue weighted by molar-refractivity contribution is 0.463. The Labute approximate surface area is 139 Å². The minimum absolute atomic E-state index is 0.539. The maximum absolute atomic E-state index is 4.69. The molecular weight excluding hydrogens is 298 g/mol. The first-order chi connectivity index (χ1) is 11.9. The molecule has 1 saturated heterocycles. The predicted octanol–water partition coefficient (Wildman–Crippen LogP) is 3.57. The van der Waals surface area contributed by atoms with Crippen molar-refractivity contribution >= 4 is 21.8 Å². The summed E-state index contributed by atoms with van der Waals surface area (Å²) in [5, 5.41) is 14.3. The molecule has 0 bridgehead atoms. The molecular formula is C19H19N5. The Balaban J connectivity index is 1.86. The number of nitrogens with zero attached hydrogens (tertiary/aromatic N) is 2. The first-order valence-corrected chi connectivity index (χ1v) is 8.51. The molecule has 5 nitrogen and oxygen atoms in total. The molecule has 1 fully saturated rings. The highest BCUT2D eigenvalue weighted by Crippen LogP contribution is 2.41. The minimum atomic E-state index is 0.539. The number of nitrogens with one attached hydrogen (secondary N) is 3. The standard InChI is InChI=1S/C19H19N5/c1-2-4-15-13(3-1)9-21-19-17(15)16(12-5-7-20-8-6-12)18(24-19)14-10-22-23-11-14/h1-4,9-12,20H,5-8H2,(H,21,24)(H,22,23). The molecule has 24 heavy (non-hydrogen) atoms. The second kappa shape index (κ2) is 5.46. The molecule has 0 atom stereocenters. The van der Waals surface area contributed by atoms with Crippen molar-refractivity contribution in [1.29, 1.82) is 0 Å². The third-order valence-electron chi connectivity index (χ3n) is 5.12. The van der Waals surface area contributed by atoms with Gasteiger partial charge in [-0.15, -0.1) is 0 Å². The third-order valence-corrected chi connectivity index (χ3v) is 5.12. The van der Waals surface area contributed by atoms with Gasteiger partial charge < -0.3 is 10.3 Å². The molecule has 120 valence electrons. The maximum Gasteiger partial charge on any atom is 0.138 e. The fourth-order valence-corrected chi connectivity index (χ4v) is 3.98. The Kier molecular flexibility index (Phi) is 3.13. The molecule has 4 aromatic rings. The summed E-state index contributed by atoms with van der Waals surface area (Å²) in [4.78, 5) is 8.26. The van der Waals surface area contributed by atoms with Gasteiger partial charge in [-0.3, -0.25) is 5.10 Å². The van der Waals surface area contributed by atoms with Crippen molar-refractivity contribution in [2.45, 2.75) is 18.8 Å². The molecule has 0 spiro atoms. The average molecular weight is 317 g/mol. The second-order valence-corrected chi connectivity index (χ2v) is 6.49. The van der Waals surface area contributed by atoms with E-state index in [0.29, 0.717) is 5.92 Å². The molecule has 0 radical (unpaired) electrons. The molecule has 0 saturated carbocycles. The van der Waals surface area contributed by atoms with Crippen LogP contribution in [0.25, 0.3) is 33.1 Å². The van der Waals surface area contributed by atoms with Gasteiger partial charge in [0.05, 0.1) is 11.9 Å². The van der Waals surface area contributed by atoms with Crippen LogP contribution in [0, 0.1) is 0 Å². The summed E-state index contributed by atoms with van der Waals surface area (Å²) in [7, 11) is 0. The minimum Gasteiger partial charge on any atom is -0.339 e. The zero-order valence-corrected chi connectivity index (χ0v) is 13.3. The molecule has 3 aromatic heterocycles. The van der Waals surface area contributed by atoms with Crippen molar-refractivity contribution in [3.05, 3.63) is 48.4 Å². The summed E-state index contributed by atoms with van der Waals surface area (Å²) in [6, 6.07) is 8.53. The van der Waals surface area contributed by atoms with Gasteiger partial charge in [-0.05, 0) is 42.8 Å². The van der Waals surface area contributed by atoms with Crippen LogP contribution >= 0.6 is 0 Å². The van der Waals surface area contributed by atoms with Gasteiger partial charge in [0.25, 0.3) is 0 Å². The average Bonchev–Trinajstić information content (AvgIpc) is 3.30. The van der Waals surface area contributed by atoms with E-state index in [4.69, 9.17) is 4.98 Å². The molecule has 0 amide bonds. The van der Waals surface area contributed by atoms with Gasteiger partial charge >= 0.3 is 0 Å². The molecule has 3 N–H and O–H groups in total. The molecule has 0 unspecified atom stereocenters. The topological polar surface area (TPSA) is 69.4 Å². The van der Waals surface area contributed by atoms with Gasteiger partial charge in [-0.1, -0.05) is 24.3 Å². The lowest BCUT2D eigenvalue weighted by Crippen LogP contribution is -2.26. The van der Waals surface area contributed by atoms with Crippen LogP contribution in [0.15, 0.2) is 42.9 Å². The van der Waals surface area contributed by atoms with Crippen molar-refractivity contribution in [1.82, 2.24) is 25.5 Å². The van der Waals surface area contributed by atoms with Crippen molar-refractivity contribution in [2.24, 2.45) is 0 Å². The van der Waals surface area contributed by atoms with E-state index < -0.39 is 0 Å². The van der Waals surface area contributed by atoms with Gasteiger partial charge in [0.1, 0.15) is 5.65 Å². The van der Waals surface area contributed by atoms with Crippen molar-refractivity contribution in [3.63, 3.8) is 0 Å². The lowest BCUT2D eigenvalue weighted by Gasteiger charge is -2.23. The number of fused-ring (bicyclic) bond motifs is 3. The number of rotatable bonds is 2. The number of H-pyrrole nitrogens is 2. The Bertz CT molecular complexity index is 993. The quantitative estimate of drug-likeness (QED) is 0.529. The van der Waals surface area contributed by atoms with Crippen molar-refractivity contribution in [3.8, 4) is 11.3 Å². The van der Waals surface area contributed by atoms with E-state index in [1.54, 1.807) is 0 Å². The van der Waals surface area contributed by atoms with Crippen LogP contribution in [0.1, 0.15) is 24.3 Å². The van der Waals surface area contributed by atoms with E-state index in [1.807, 2.05) is 18.6 Å². The SMILES string of the molecule is c1ccc2c(c1)cnc1[nH]c(-c3cn[nH]c3)c(C3CCNCC3)c12. The number of aromatic amines is 2. The number of pyridine rings is 1. The number of piperidine rings is 1. The smallest absolute Gasteiger partial charge is 0.138 e. The van der Waals surface area contributed by atoms with Gasteiger partial charge in [0.15, 0.2) is 0 Å². The van der Waals surface area contributed by atoms with Crippen LogP contribution in [0.3, 0.4) is 0 Å². The maximum atomic E-state index is 4.69. The summed E-state index contributed by atoms with van der Waals surface area (Å²) in [6.07, 6.45) is 8.11. The Morgan fingerprint density at radius 3 is 2.75 bits per heavy atom. The fourth-order valence-electron chi connectivity index (χ4n) is 3.98. The van der Waals surface area contributed by atoms with Crippen molar-refractivity contribution < 1.29 is 0 Å². The van der Waals surface area contributed by atoms with Crippen LogP contribution in [-0.4, -0.2) is 33.3 Å². The van der Waals surface area contributed by atoms with Crippen LogP contribution in [-0.2, 0) is 0 Å².